The summed E-state index contributed by atoms with van der Waals surface area (Å²) in [6.45, 7) is 1.53. The van der Waals surface area contributed by atoms with Crippen molar-refractivity contribution >= 4 is 17.4 Å². The molecular formula is C16H16F3NO4. The number of carbonyl (C=O) groups excluding carboxylic acids is 1. The van der Waals surface area contributed by atoms with E-state index in [1.54, 1.807) is 0 Å². The Hall–Kier alpha value is -2.35. The molecule has 1 heterocycles. The summed E-state index contributed by atoms with van der Waals surface area (Å²) in [4.78, 5) is 24.4. The molecule has 2 rings (SSSR count). The number of morpholine rings is 1. The molecule has 1 N–H and O–H groups in total. The zero-order valence-corrected chi connectivity index (χ0v) is 12.8. The molecule has 24 heavy (non-hydrogen) atoms. The standard InChI is InChI=1S/C16H16F3NO4/c1-10(11-4-2-3-5-12(11)16(17,18)19)8-14(21)20-6-7-24-13(9-20)15(22)23/h2-5,8,13H,6-7,9H2,1H3,(H,22,23)/b10-8-. The lowest BCUT2D eigenvalue weighted by Crippen LogP contribution is -2.48. The van der Waals surface area contributed by atoms with Crippen LogP contribution in [0.5, 0.6) is 0 Å². The first-order valence-corrected chi connectivity index (χ1v) is 7.18. The van der Waals surface area contributed by atoms with Crippen LogP contribution in [0, 0.1) is 0 Å². The van der Waals surface area contributed by atoms with Gasteiger partial charge in [0.1, 0.15) is 0 Å². The summed E-state index contributed by atoms with van der Waals surface area (Å²) < 4.78 is 44.1. The Morgan fingerprint density at radius 3 is 2.62 bits per heavy atom. The third-order valence-corrected chi connectivity index (χ3v) is 3.65. The first-order chi connectivity index (χ1) is 11.2. The Labute approximate surface area is 136 Å². The first-order valence-electron chi connectivity index (χ1n) is 7.18. The van der Waals surface area contributed by atoms with Gasteiger partial charge >= 0.3 is 12.1 Å². The minimum atomic E-state index is -4.53. The van der Waals surface area contributed by atoms with E-state index in [1.165, 1.54) is 30.0 Å². The first kappa shape index (κ1) is 18.0. The van der Waals surface area contributed by atoms with E-state index in [2.05, 4.69) is 0 Å². The SMILES string of the molecule is C/C(=C/C(=O)N1CCOC(C(=O)O)C1)c1ccccc1C(F)(F)F. The average molecular weight is 343 g/mol. The molecule has 0 spiro atoms. The number of benzene rings is 1. The highest BCUT2D eigenvalue weighted by Gasteiger charge is 2.33. The molecule has 8 heteroatoms. The van der Waals surface area contributed by atoms with Gasteiger partial charge in [0.05, 0.1) is 18.7 Å². The molecule has 130 valence electrons. The summed E-state index contributed by atoms with van der Waals surface area (Å²) >= 11 is 0. The minimum absolute atomic E-state index is 0.0642. The van der Waals surface area contributed by atoms with Gasteiger partial charge in [-0.2, -0.15) is 13.2 Å². The van der Waals surface area contributed by atoms with E-state index in [9.17, 15) is 22.8 Å². The van der Waals surface area contributed by atoms with Gasteiger partial charge in [-0.25, -0.2) is 4.79 Å². The number of hydrogen-bond acceptors (Lipinski definition) is 3. The summed E-state index contributed by atoms with van der Waals surface area (Å²) in [7, 11) is 0. The molecule has 0 radical (unpaired) electrons. The number of carboxylic acid groups (broad SMARTS) is 1. The second kappa shape index (κ2) is 7.04. The van der Waals surface area contributed by atoms with Crippen molar-refractivity contribution in [2.75, 3.05) is 19.7 Å². The van der Waals surface area contributed by atoms with Crippen LogP contribution in [0.4, 0.5) is 13.2 Å². The van der Waals surface area contributed by atoms with E-state index in [-0.39, 0.29) is 30.8 Å². The van der Waals surface area contributed by atoms with E-state index < -0.39 is 29.7 Å². The van der Waals surface area contributed by atoms with Crippen molar-refractivity contribution < 1.29 is 32.6 Å². The maximum Gasteiger partial charge on any atom is 0.416 e. The Balaban J connectivity index is 2.22. The number of allylic oxidation sites excluding steroid dienone is 1. The fraction of sp³-hybridized carbons (Fsp3) is 0.375. The van der Waals surface area contributed by atoms with Crippen LogP contribution in [-0.2, 0) is 20.5 Å². The molecule has 1 atom stereocenters. The molecule has 1 saturated heterocycles. The van der Waals surface area contributed by atoms with Crippen molar-refractivity contribution in [1.29, 1.82) is 0 Å². The molecule has 0 bridgehead atoms. The summed E-state index contributed by atoms with van der Waals surface area (Å²) in [5, 5.41) is 8.92. The van der Waals surface area contributed by atoms with Crippen molar-refractivity contribution in [3.05, 3.63) is 41.5 Å². The largest absolute Gasteiger partial charge is 0.479 e. The molecule has 1 aliphatic heterocycles. The topological polar surface area (TPSA) is 66.8 Å². The maximum atomic E-state index is 13.0. The lowest BCUT2D eigenvalue weighted by atomic mass is 10.00. The van der Waals surface area contributed by atoms with Gasteiger partial charge in [0.2, 0.25) is 5.91 Å². The maximum absolute atomic E-state index is 13.0. The fourth-order valence-electron chi connectivity index (χ4n) is 2.43. The molecule has 0 aliphatic carbocycles. The van der Waals surface area contributed by atoms with Gasteiger partial charge in [0.15, 0.2) is 6.10 Å². The summed E-state index contributed by atoms with van der Waals surface area (Å²) in [5.41, 5.74) is -0.746. The molecule has 1 amide bonds. The third kappa shape index (κ3) is 4.14. The lowest BCUT2D eigenvalue weighted by Gasteiger charge is -2.30. The average Bonchev–Trinajstić information content (AvgIpc) is 2.54. The van der Waals surface area contributed by atoms with Crippen molar-refractivity contribution in [3.63, 3.8) is 0 Å². The lowest BCUT2D eigenvalue weighted by molar-refractivity contribution is -0.158. The number of ether oxygens (including phenoxy) is 1. The number of hydrogen-bond donors (Lipinski definition) is 1. The normalized spacial score (nSPS) is 19.2. The van der Waals surface area contributed by atoms with Crippen LogP contribution < -0.4 is 0 Å². The van der Waals surface area contributed by atoms with Gasteiger partial charge in [-0.15, -0.1) is 0 Å². The van der Waals surface area contributed by atoms with Gasteiger partial charge in [-0.1, -0.05) is 18.2 Å². The predicted octanol–water partition coefficient (Wildman–Crippen LogP) is 2.42. The van der Waals surface area contributed by atoms with Crippen molar-refractivity contribution in [2.24, 2.45) is 0 Å². The van der Waals surface area contributed by atoms with Crippen molar-refractivity contribution in [3.8, 4) is 0 Å². The second-order valence-corrected chi connectivity index (χ2v) is 5.35. The number of carboxylic acids is 1. The van der Waals surface area contributed by atoms with Gasteiger partial charge < -0.3 is 14.7 Å². The minimum Gasteiger partial charge on any atom is -0.479 e. The highest BCUT2D eigenvalue weighted by Crippen LogP contribution is 2.34. The van der Waals surface area contributed by atoms with Crippen LogP contribution in [0.1, 0.15) is 18.1 Å². The molecule has 1 fully saturated rings. The fourth-order valence-corrected chi connectivity index (χ4v) is 2.43. The van der Waals surface area contributed by atoms with Crippen molar-refractivity contribution in [1.82, 2.24) is 4.90 Å². The second-order valence-electron chi connectivity index (χ2n) is 5.35. The molecular weight excluding hydrogens is 327 g/mol. The quantitative estimate of drug-likeness (QED) is 0.856. The molecule has 1 aromatic carbocycles. The summed E-state index contributed by atoms with van der Waals surface area (Å²) in [6.07, 6.45) is -4.56. The van der Waals surface area contributed by atoms with Crippen LogP contribution in [0.2, 0.25) is 0 Å². The Morgan fingerprint density at radius 2 is 2.00 bits per heavy atom. The number of aliphatic carboxylic acids is 1. The van der Waals surface area contributed by atoms with Gasteiger partial charge in [-0.3, -0.25) is 4.79 Å². The van der Waals surface area contributed by atoms with Gasteiger partial charge in [0, 0.05) is 12.6 Å². The van der Waals surface area contributed by atoms with E-state index >= 15 is 0 Å². The number of carbonyl (C=O) groups is 2. The van der Waals surface area contributed by atoms with E-state index in [1.807, 2.05) is 0 Å². The zero-order chi connectivity index (χ0) is 17.9. The van der Waals surface area contributed by atoms with Crippen LogP contribution in [0.25, 0.3) is 5.57 Å². The van der Waals surface area contributed by atoms with E-state index in [4.69, 9.17) is 9.84 Å². The summed E-state index contributed by atoms with van der Waals surface area (Å²) in [5.74, 6) is -1.73. The molecule has 0 aromatic heterocycles. The smallest absolute Gasteiger partial charge is 0.416 e. The number of amides is 1. The molecule has 1 aliphatic rings. The zero-order valence-electron chi connectivity index (χ0n) is 12.8. The Morgan fingerprint density at radius 1 is 1.33 bits per heavy atom. The number of rotatable bonds is 3. The van der Waals surface area contributed by atoms with Crippen LogP contribution in [0.3, 0.4) is 0 Å². The van der Waals surface area contributed by atoms with Crippen LogP contribution >= 0.6 is 0 Å². The molecule has 1 aromatic rings. The molecule has 5 nitrogen and oxygen atoms in total. The predicted molar refractivity (Wildman–Crippen MR) is 79.1 cm³/mol. The van der Waals surface area contributed by atoms with Gasteiger partial charge in [0.25, 0.3) is 0 Å². The van der Waals surface area contributed by atoms with Gasteiger partial charge in [-0.05, 0) is 24.1 Å². The number of nitrogens with zero attached hydrogens (tertiary/aromatic N) is 1. The van der Waals surface area contributed by atoms with Crippen molar-refractivity contribution in [2.45, 2.75) is 19.2 Å². The third-order valence-electron chi connectivity index (χ3n) is 3.65. The summed E-state index contributed by atoms with van der Waals surface area (Å²) in [6, 6.07) is 4.98. The van der Waals surface area contributed by atoms with Crippen LogP contribution in [-0.4, -0.2) is 47.7 Å². The molecule has 1 unspecified atom stereocenters. The number of alkyl halides is 3. The number of halogens is 3. The van der Waals surface area contributed by atoms with E-state index in [0.717, 1.165) is 12.1 Å². The Kier molecular flexibility index (Phi) is 5.28. The highest BCUT2D eigenvalue weighted by molar-refractivity contribution is 5.95. The Bertz CT molecular complexity index is 670. The van der Waals surface area contributed by atoms with Crippen LogP contribution in [0.15, 0.2) is 30.3 Å². The van der Waals surface area contributed by atoms with E-state index in [0.29, 0.717) is 0 Å². The highest BCUT2D eigenvalue weighted by atomic mass is 19.4. The molecule has 0 saturated carbocycles. The monoisotopic (exact) mass is 343 g/mol.